The zero-order valence-corrected chi connectivity index (χ0v) is 8.27. The monoisotopic (exact) mass is 220 g/mol. The molecule has 0 atom stereocenters. The van der Waals surface area contributed by atoms with Gasteiger partial charge in [0.05, 0.1) is 19.8 Å². The molecule has 7 nitrogen and oxygen atoms in total. The predicted octanol–water partition coefficient (Wildman–Crippen LogP) is -2.92. The maximum absolute atomic E-state index is 11.2. The summed E-state index contributed by atoms with van der Waals surface area (Å²) in [5, 5.41) is 28.9. The molecule has 0 saturated heterocycles. The number of aliphatic hydroxyl groups is 3. The smallest absolute Gasteiger partial charge is 0.221 e. The lowest BCUT2D eigenvalue weighted by Gasteiger charge is -2.28. The Kier molecular flexibility index (Phi) is 5.83. The van der Waals surface area contributed by atoms with Gasteiger partial charge < -0.3 is 26.4 Å². The number of aliphatic hydroxyl groups excluding tert-OH is 3. The van der Waals surface area contributed by atoms with Crippen molar-refractivity contribution in [1.82, 2.24) is 5.32 Å². The van der Waals surface area contributed by atoms with Crippen molar-refractivity contribution < 1.29 is 24.9 Å². The summed E-state index contributed by atoms with van der Waals surface area (Å²) in [6.45, 7) is -1.78. The molecule has 0 fully saturated rings. The standard InChI is InChI=1S/C8H16N2O5/c9-6(14)1-2-7(15)10-8(3-11,4-12)5-13/h11-13H,1-5H2,(H2,9,14)(H,10,15). The van der Waals surface area contributed by atoms with E-state index in [0.717, 1.165) is 0 Å². The third kappa shape index (κ3) is 4.73. The first kappa shape index (κ1) is 13.8. The molecular formula is C8H16N2O5. The first-order valence-electron chi connectivity index (χ1n) is 4.41. The fourth-order valence-corrected chi connectivity index (χ4v) is 0.864. The normalized spacial score (nSPS) is 11.1. The van der Waals surface area contributed by atoms with E-state index in [4.69, 9.17) is 21.1 Å². The summed E-state index contributed by atoms with van der Waals surface area (Å²) in [5.41, 5.74) is 3.39. The predicted molar refractivity (Wildman–Crippen MR) is 50.6 cm³/mol. The summed E-state index contributed by atoms with van der Waals surface area (Å²) in [6, 6.07) is 0. The number of rotatable bonds is 7. The van der Waals surface area contributed by atoms with Crippen molar-refractivity contribution in [1.29, 1.82) is 0 Å². The molecule has 0 saturated carbocycles. The van der Waals surface area contributed by atoms with Crippen LogP contribution in [0.2, 0.25) is 0 Å². The largest absolute Gasteiger partial charge is 0.394 e. The van der Waals surface area contributed by atoms with Crippen LogP contribution in [0.3, 0.4) is 0 Å². The average molecular weight is 220 g/mol. The molecule has 0 aliphatic carbocycles. The van der Waals surface area contributed by atoms with E-state index in [1.807, 2.05) is 0 Å². The van der Waals surface area contributed by atoms with Crippen LogP contribution in [0.25, 0.3) is 0 Å². The number of nitrogens with one attached hydrogen (secondary N) is 1. The van der Waals surface area contributed by atoms with Crippen molar-refractivity contribution in [2.75, 3.05) is 19.8 Å². The van der Waals surface area contributed by atoms with Crippen molar-refractivity contribution in [3.63, 3.8) is 0 Å². The first-order valence-corrected chi connectivity index (χ1v) is 4.41. The molecule has 15 heavy (non-hydrogen) atoms. The summed E-state index contributed by atoms with van der Waals surface area (Å²) >= 11 is 0. The van der Waals surface area contributed by atoms with E-state index in [-0.39, 0.29) is 12.8 Å². The highest BCUT2D eigenvalue weighted by atomic mass is 16.3. The molecular weight excluding hydrogens is 204 g/mol. The third-order valence-electron chi connectivity index (χ3n) is 1.91. The molecule has 0 aliphatic heterocycles. The van der Waals surface area contributed by atoms with Gasteiger partial charge in [-0.3, -0.25) is 9.59 Å². The highest BCUT2D eigenvalue weighted by Crippen LogP contribution is 2.02. The minimum absolute atomic E-state index is 0.121. The third-order valence-corrected chi connectivity index (χ3v) is 1.91. The molecule has 0 heterocycles. The number of hydrogen-bond acceptors (Lipinski definition) is 5. The van der Waals surface area contributed by atoms with Crippen LogP contribution < -0.4 is 11.1 Å². The molecule has 0 spiro atoms. The van der Waals surface area contributed by atoms with Crippen molar-refractivity contribution in [2.45, 2.75) is 18.4 Å². The zero-order chi connectivity index (χ0) is 11.9. The minimum atomic E-state index is -1.45. The Balaban J connectivity index is 4.17. The molecule has 0 aromatic heterocycles. The second kappa shape index (κ2) is 6.33. The minimum Gasteiger partial charge on any atom is -0.394 e. The van der Waals surface area contributed by atoms with Crippen molar-refractivity contribution in [3.05, 3.63) is 0 Å². The van der Waals surface area contributed by atoms with Crippen LogP contribution in [0, 0.1) is 0 Å². The summed E-state index contributed by atoms with van der Waals surface area (Å²) in [7, 11) is 0. The summed E-state index contributed by atoms with van der Waals surface area (Å²) < 4.78 is 0. The SMILES string of the molecule is NC(=O)CCC(=O)NC(CO)(CO)CO. The number of carbonyl (C=O) groups is 2. The van der Waals surface area contributed by atoms with Gasteiger partial charge in [-0.25, -0.2) is 0 Å². The Morgan fingerprint density at radius 1 is 1.07 bits per heavy atom. The number of nitrogens with two attached hydrogens (primary N) is 1. The van der Waals surface area contributed by atoms with E-state index < -0.39 is 37.2 Å². The Labute approximate surface area is 86.9 Å². The van der Waals surface area contributed by atoms with Gasteiger partial charge in [-0.1, -0.05) is 0 Å². The van der Waals surface area contributed by atoms with Gasteiger partial charge in [0.2, 0.25) is 11.8 Å². The molecule has 2 amide bonds. The maximum atomic E-state index is 11.2. The molecule has 0 bridgehead atoms. The molecule has 6 N–H and O–H groups in total. The zero-order valence-electron chi connectivity index (χ0n) is 8.27. The van der Waals surface area contributed by atoms with Crippen molar-refractivity contribution >= 4 is 11.8 Å². The molecule has 0 aliphatic rings. The Hall–Kier alpha value is -1.18. The Morgan fingerprint density at radius 3 is 1.87 bits per heavy atom. The van der Waals surface area contributed by atoms with Gasteiger partial charge in [0.15, 0.2) is 0 Å². The molecule has 0 radical (unpaired) electrons. The van der Waals surface area contributed by atoms with E-state index in [9.17, 15) is 9.59 Å². The Bertz CT molecular complexity index is 219. The van der Waals surface area contributed by atoms with Gasteiger partial charge in [-0.2, -0.15) is 0 Å². The summed E-state index contributed by atoms with van der Waals surface area (Å²) in [4.78, 5) is 21.6. The first-order chi connectivity index (χ1) is 6.99. The van der Waals surface area contributed by atoms with Crippen LogP contribution in [0.4, 0.5) is 0 Å². The van der Waals surface area contributed by atoms with Crippen molar-refractivity contribution in [2.24, 2.45) is 5.73 Å². The van der Waals surface area contributed by atoms with Gasteiger partial charge in [0, 0.05) is 12.8 Å². The van der Waals surface area contributed by atoms with Crippen LogP contribution in [0.15, 0.2) is 0 Å². The average Bonchev–Trinajstić information content (AvgIpc) is 2.23. The molecule has 7 heteroatoms. The number of hydrogen-bond donors (Lipinski definition) is 5. The van der Waals surface area contributed by atoms with Gasteiger partial charge in [0.25, 0.3) is 0 Å². The second-order valence-electron chi connectivity index (χ2n) is 3.27. The van der Waals surface area contributed by atoms with Crippen molar-refractivity contribution in [3.8, 4) is 0 Å². The van der Waals surface area contributed by atoms with Crippen LogP contribution in [-0.4, -0.2) is 52.5 Å². The van der Waals surface area contributed by atoms with E-state index in [1.165, 1.54) is 0 Å². The lowest BCUT2D eigenvalue weighted by atomic mass is 10.0. The fraction of sp³-hybridized carbons (Fsp3) is 0.750. The van der Waals surface area contributed by atoms with Crippen LogP contribution >= 0.6 is 0 Å². The van der Waals surface area contributed by atoms with Crippen LogP contribution in [0.1, 0.15) is 12.8 Å². The number of primary amides is 1. The van der Waals surface area contributed by atoms with E-state index in [0.29, 0.717) is 0 Å². The molecule has 88 valence electrons. The number of carbonyl (C=O) groups excluding carboxylic acids is 2. The molecule has 0 aromatic rings. The second-order valence-corrected chi connectivity index (χ2v) is 3.27. The summed E-state index contributed by atoms with van der Waals surface area (Å²) in [5.74, 6) is -1.18. The van der Waals surface area contributed by atoms with Gasteiger partial charge in [-0.15, -0.1) is 0 Å². The topological polar surface area (TPSA) is 133 Å². The van der Waals surface area contributed by atoms with Gasteiger partial charge >= 0.3 is 0 Å². The lowest BCUT2D eigenvalue weighted by Crippen LogP contribution is -2.57. The Morgan fingerprint density at radius 2 is 1.53 bits per heavy atom. The highest BCUT2D eigenvalue weighted by molar-refractivity contribution is 5.83. The van der Waals surface area contributed by atoms with Crippen LogP contribution in [-0.2, 0) is 9.59 Å². The quantitative estimate of drug-likeness (QED) is 0.313. The summed E-state index contributed by atoms with van der Waals surface area (Å²) in [6.07, 6.45) is -0.263. The van der Waals surface area contributed by atoms with Gasteiger partial charge in [-0.05, 0) is 0 Å². The van der Waals surface area contributed by atoms with Crippen LogP contribution in [0.5, 0.6) is 0 Å². The highest BCUT2D eigenvalue weighted by Gasteiger charge is 2.29. The maximum Gasteiger partial charge on any atom is 0.221 e. The molecule has 0 aromatic carbocycles. The van der Waals surface area contributed by atoms with E-state index in [2.05, 4.69) is 5.32 Å². The molecule has 0 rings (SSSR count). The van der Waals surface area contributed by atoms with Gasteiger partial charge in [0.1, 0.15) is 5.54 Å². The fourth-order valence-electron chi connectivity index (χ4n) is 0.864. The molecule has 0 unspecified atom stereocenters. The van der Waals surface area contributed by atoms with E-state index in [1.54, 1.807) is 0 Å². The van der Waals surface area contributed by atoms with E-state index >= 15 is 0 Å². The lowest BCUT2D eigenvalue weighted by molar-refractivity contribution is -0.128. The number of amides is 2.